The van der Waals surface area contributed by atoms with Gasteiger partial charge in [0, 0.05) is 0 Å². The zero-order valence-electron chi connectivity index (χ0n) is 11.7. The predicted molar refractivity (Wildman–Crippen MR) is 67.6 cm³/mol. The van der Waals surface area contributed by atoms with Gasteiger partial charge >= 0.3 is 5.97 Å². The standard InChI is InChI=1S/C14H22O5/c1-8-9(2)14-11(19-12(8)7-15)5-4-10(18-14)6-13(16)17-3/h7-12,14H,4-6H2,1-3H3/t8-,9+,10+,11-,12-,14+/m0/s1. The van der Waals surface area contributed by atoms with Crippen molar-refractivity contribution >= 4 is 12.3 Å². The molecule has 0 aliphatic carbocycles. The molecule has 0 radical (unpaired) electrons. The summed E-state index contributed by atoms with van der Waals surface area (Å²) in [5.74, 6) is 0.136. The van der Waals surface area contributed by atoms with E-state index in [2.05, 4.69) is 11.7 Å². The maximum atomic E-state index is 11.3. The zero-order chi connectivity index (χ0) is 14.0. The van der Waals surface area contributed by atoms with Crippen LogP contribution in [0.5, 0.6) is 0 Å². The van der Waals surface area contributed by atoms with Crippen LogP contribution < -0.4 is 0 Å². The summed E-state index contributed by atoms with van der Waals surface area (Å²) in [6.45, 7) is 4.09. The number of fused-ring (bicyclic) bond motifs is 1. The molecule has 0 aromatic heterocycles. The summed E-state index contributed by atoms with van der Waals surface area (Å²) in [5.41, 5.74) is 0. The summed E-state index contributed by atoms with van der Waals surface area (Å²) in [4.78, 5) is 22.3. The highest BCUT2D eigenvalue weighted by Crippen LogP contribution is 2.38. The second kappa shape index (κ2) is 6.01. The van der Waals surface area contributed by atoms with Crippen LogP contribution in [0.25, 0.3) is 0 Å². The van der Waals surface area contributed by atoms with Crippen LogP contribution in [0.15, 0.2) is 0 Å². The number of methoxy groups -OCH3 is 1. The second-order valence-electron chi connectivity index (χ2n) is 5.57. The van der Waals surface area contributed by atoms with Gasteiger partial charge in [0.15, 0.2) is 0 Å². The van der Waals surface area contributed by atoms with Gasteiger partial charge in [-0.1, -0.05) is 13.8 Å². The van der Waals surface area contributed by atoms with E-state index in [0.717, 1.165) is 19.1 Å². The van der Waals surface area contributed by atoms with Crippen LogP contribution in [0.1, 0.15) is 33.1 Å². The topological polar surface area (TPSA) is 61.8 Å². The van der Waals surface area contributed by atoms with E-state index in [1.54, 1.807) is 0 Å². The number of ether oxygens (including phenoxy) is 3. The lowest BCUT2D eigenvalue weighted by atomic mass is 9.79. The molecule has 0 aromatic carbocycles. The second-order valence-corrected chi connectivity index (χ2v) is 5.57. The zero-order valence-corrected chi connectivity index (χ0v) is 11.7. The fourth-order valence-corrected chi connectivity index (χ4v) is 3.00. The molecule has 2 aliphatic heterocycles. The Balaban J connectivity index is 1.99. The number of esters is 1. The van der Waals surface area contributed by atoms with Gasteiger partial charge in [-0.05, 0) is 24.7 Å². The lowest BCUT2D eigenvalue weighted by molar-refractivity contribution is -0.221. The number of hydrogen-bond donors (Lipinski definition) is 0. The van der Waals surface area contributed by atoms with Gasteiger partial charge in [0.1, 0.15) is 12.4 Å². The van der Waals surface area contributed by atoms with Gasteiger partial charge < -0.3 is 19.0 Å². The van der Waals surface area contributed by atoms with Crippen LogP contribution in [0.2, 0.25) is 0 Å². The van der Waals surface area contributed by atoms with Crippen molar-refractivity contribution in [3.8, 4) is 0 Å². The Labute approximate surface area is 113 Å². The molecule has 2 saturated heterocycles. The van der Waals surface area contributed by atoms with Crippen molar-refractivity contribution in [2.24, 2.45) is 11.8 Å². The van der Waals surface area contributed by atoms with E-state index in [1.807, 2.05) is 6.92 Å². The lowest BCUT2D eigenvalue weighted by Crippen LogP contribution is -2.54. The first kappa shape index (κ1) is 14.5. The molecule has 6 atom stereocenters. The summed E-state index contributed by atoms with van der Waals surface area (Å²) >= 11 is 0. The van der Waals surface area contributed by atoms with Crippen LogP contribution in [-0.4, -0.2) is 43.8 Å². The molecule has 0 spiro atoms. The number of rotatable bonds is 3. The van der Waals surface area contributed by atoms with Crippen molar-refractivity contribution in [3.05, 3.63) is 0 Å². The lowest BCUT2D eigenvalue weighted by Gasteiger charge is -2.47. The molecule has 5 nitrogen and oxygen atoms in total. The smallest absolute Gasteiger partial charge is 0.308 e. The molecule has 0 amide bonds. The molecule has 108 valence electrons. The summed E-state index contributed by atoms with van der Waals surface area (Å²) in [5, 5.41) is 0. The van der Waals surface area contributed by atoms with Crippen molar-refractivity contribution < 1.29 is 23.8 Å². The quantitative estimate of drug-likeness (QED) is 0.572. The van der Waals surface area contributed by atoms with Crippen LogP contribution in [-0.2, 0) is 23.8 Å². The highest BCUT2D eigenvalue weighted by Gasteiger charge is 2.45. The van der Waals surface area contributed by atoms with E-state index in [1.165, 1.54) is 7.11 Å². The van der Waals surface area contributed by atoms with Crippen LogP contribution in [0.3, 0.4) is 0 Å². The van der Waals surface area contributed by atoms with E-state index < -0.39 is 0 Å². The number of aldehydes is 1. The molecule has 2 fully saturated rings. The van der Waals surface area contributed by atoms with Gasteiger partial charge in [-0.2, -0.15) is 0 Å². The Morgan fingerprint density at radius 3 is 2.63 bits per heavy atom. The summed E-state index contributed by atoms with van der Waals surface area (Å²) in [6, 6.07) is 0. The minimum Gasteiger partial charge on any atom is -0.469 e. The summed E-state index contributed by atoms with van der Waals surface area (Å²) < 4.78 is 16.5. The van der Waals surface area contributed by atoms with Gasteiger partial charge in [0.2, 0.25) is 0 Å². The molecule has 0 unspecified atom stereocenters. The van der Waals surface area contributed by atoms with Crippen molar-refractivity contribution in [1.29, 1.82) is 0 Å². The van der Waals surface area contributed by atoms with E-state index >= 15 is 0 Å². The van der Waals surface area contributed by atoms with E-state index in [4.69, 9.17) is 9.47 Å². The number of hydrogen-bond acceptors (Lipinski definition) is 5. The average molecular weight is 270 g/mol. The minimum absolute atomic E-state index is 0.0321. The van der Waals surface area contributed by atoms with Crippen LogP contribution in [0.4, 0.5) is 0 Å². The fraction of sp³-hybridized carbons (Fsp3) is 0.857. The van der Waals surface area contributed by atoms with Crippen molar-refractivity contribution in [2.75, 3.05) is 7.11 Å². The van der Waals surface area contributed by atoms with E-state index in [9.17, 15) is 9.59 Å². The molecule has 19 heavy (non-hydrogen) atoms. The molecular formula is C14H22O5. The maximum Gasteiger partial charge on any atom is 0.308 e. The number of carbonyl (C=O) groups excluding carboxylic acids is 2. The molecule has 0 saturated carbocycles. The maximum absolute atomic E-state index is 11.3. The third-order valence-electron chi connectivity index (χ3n) is 4.44. The first-order chi connectivity index (χ1) is 9.06. The molecule has 2 rings (SSSR count). The summed E-state index contributed by atoms with van der Waals surface area (Å²) in [7, 11) is 1.39. The molecule has 5 heteroatoms. The Morgan fingerprint density at radius 2 is 2.00 bits per heavy atom. The van der Waals surface area contributed by atoms with Crippen LogP contribution in [0, 0.1) is 11.8 Å². The van der Waals surface area contributed by atoms with Gasteiger partial charge in [0.25, 0.3) is 0 Å². The van der Waals surface area contributed by atoms with Gasteiger partial charge in [-0.15, -0.1) is 0 Å². The highest BCUT2D eigenvalue weighted by molar-refractivity contribution is 5.69. The number of carbonyl (C=O) groups is 2. The minimum atomic E-state index is -0.336. The first-order valence-electron chi connectivity index (χ1n) is 6.89. The molecule has 0 aromatic rings. The van der Waals surface area contributed by atoms with Crippen molar-refractivity contribution in [3.63, 3.8) is 0 Å². The molecule has 2 heterocycles. The summed E-state index contributed by atoms with van der Waals surface area (Å²) in [6.07, 6.45) is 2.27. The van der Waals surface area contributed by atoms with Crippen LogP contribution >= 0.6 is 0 Å². The molecule has 0 bridgehead atoms. The van der Waals surface area contributed by atoms with E-state index in [-0.39, 0.29) is 48.6 Å². The van der Waals surface area contributed by atoms with Gasteiger partial charge in [-0.25, -0.2) is 0 Å². The predicted octanol–water partition coefficient (Wildman–Crippen LogP) is 1.34. The highest BCUT2D eigenvalue weighted by atomic mass is 16.6. The normalized spacial score (nSPS) is 42.3. The van der Waals surface area contributed by atoms with Crippen molar-refractivity contribution in [2.45, 2.75) is 57.5 Å². The average Bonchev–Trinajstić information content (AvgIpc) is 2.43. The first-order valence-corrected chi connectivity index (χ1v) is 6.89. The fourth-order valence-electron chi connectivity index (χ4n) is 3.00. The Morgan fingerprint density at radius 1 is 1.26 bits per heavy atom. The molecular weight excluding hydrogens is 248 g/mol. The third kappa shape index (κ3) is 2.98. The van der Waals surface area contributed by atoms with Gasteiger partial charge in [0.05, 0.1) is 31.8 Å². The third-order valence-corrected chi connectivity index (χ3v) is 4.44. The Kier molecular flexibility index (Phi) is 4.58. The van der Waals surface area contributed by atoms with E-state index in [0.29, 0.717) is 0 Å². The Bertz CT molecular complexity index is 341. The van der Waals surface area contributed by atoms with Crippen molar-refractivity contribution in [1.82, 2.24) is 0 Å². The Hall–Kier alpha value is -0.940. The molecule has 2 aliphatic rings. The largest absolute Gasteiger partial charge is 0.469 e. The van der Waals surface area contributed by atoms with Gasteiger partial charge in [-0.3, -0.25) is 4.79 Å². The monoisotopic (exact) mass is 270 g/mol. The SMILES string of the molecule is COC(=O)C[C@H]1CC[C@@H]2O[C@@H](C=O)[C@@H](C)[C@@H](C)[C@H]2O1. The molecule has 0 N–H and O–H groups in total.